The second-order valence-electron chi connectivity index (χ2n) is 5.81. The molecule has 0 atom stereocenters. The molecule has 0 saturated heterocycles. The Hall–Kier alpha value is -2.87. The van der Waals surface area contributed by atoms with Crippen molar-refractivity contribution >= 4 is 35.3 Å². The summed E-state index contributed by atoms with van der Waals surface area (Å²) in [6.07, 6.45) is -0.0393. The summed E-state index contributed by atoms with van der Waals surface area (Å²) in [7, 11) is 0. The molecule has 0 aliphatic heterocycles. The molecule has 1 aromatic rings. The zero-order valence-electron chi connectivity index (χ0n) is 14.2. The number of carbonyl (C=O) groups excluding carboxylic acids is 1. The van der Waals surface area contributed by atoms with Crippen molar-refractivity contribution in [2.45, 2.75) is 25.7 Å². The van der Waals surface area contributed by atoms with Crippen molar-refractivity contribution in [3.05, 3.63) is 46.8 Å². The number of aliphatic carboxylic acids is 1. The molecule has 1 aliphatic carbocycles. The van der Waals surface area contributed by atoms with E-state index in [9.17, 15) is 29.0 Å². The Morgan fingerprint density at radius 2 is 1.81 bits per heavy atom. The Morgan fingerprint density at radius 1 is 1.19 bits per heavy atom. The van der Waals surface area contributed by atoms with E-state index in [0.29, 0.717) is 17.7 Å². The van der Waals surface area contributed by atoms with Crippen molar-refractivity contribution in [2.75, 3.05) is 11.5 Å². The molecule has 2 rings (SSSR count). The fourth-order valence-electron chi connectivity index (χ4n) is 2.72. The predicted octanol–water partition coefficient (Wildman–Crippen LogP) is 4.17. The smallest absolute Gasteiger partial charge is 0.419 e. The highest BCUT2D eigenvalue weighted by Crippen LogP contribution is 2.33. The molecule has 1 aliphatic rings. The summed E-state index contributed by atoms with van der Waals surface area (Å²) < 4.78 is 17.9. The topological polar surface area (TPSA) is 104 Å². The van der Waals surface area contributed by atoms with Crippen LogP contribution in [0.15, 0.2) is 41.8 Å². The number of nitrogens with zero attached hydrogens (tertiary/aromatic N) is 1. The number of carboxylic acid groups (broad SMARTS) is 2. The van der Waals surface area contributed by atoms with Crippen LogP contribution in [0, 0.1) is 0 Å². The van der Waals surface area contributed by atoms with Crippen molar-refractivity contribution in [3.8, 4) is 5.75 Å². The van der Waals surface area contributed by atoms with Gasteiger partial charge >= 0.3 is 12.1 Å². The van der Waals surface area contributed by atoms with Gasteiger partial charge in [-0.15, -0.1) is 0 Å². The third kappa shape index (κ3) is 4.85. The summed E-state index contributed by atoms with van der Waals surface area (Å²) in [5.74, 6) is -2.99. The van der Waals surface area contributed by atoms with Gasteiger partial charge in [0, 0.05) is 17.2 Å². The molecule has 0 radical (unpaired) electrons. The van der Waals surface area contributed by atoms with Crippen molar-refractivity contribution in [1.82, 2.24) is 0 Å². The largest absolute Gasteiger partial charge is 0.485 e. The van der Waals surface area contributed by atoms with Gasteiger partial charge in [-0.1, -0.05) is 18.2 Å². The first-order valence-corrected chi connectivity index (χ1v) is 8.38. The van der Waals surface area contributed by atoms with E-state index in [0.717, 1.165) is 0 Å². The second kappa shape index (κ2) is 8.68. The van der Waals surface area contributed by atoms with Crippen molar-refractivity contribution in [1.29, 1.82) is 0 Å². The lowest BCUT2D eigenvalue weighted by atomic mass is 9.91. The van der Waals surface area contributed by atoms with Crippen LogP contribution in [0.3, 0.4) is 0 Å². The molecule has 0 unspecified atom stereocenters. The molecule has 0 heterocycles. The van der Waals surface area contributed by atoms with Crippen LogP contribution < -0.4 is 9.64 Å². The number of amides is 2. The normalized spacial score (nSPS) is 13.9. The molecule has 0 aromatic heterocycles. The Labute approximate surface area is 159 Å². The first-order chi connectivity index (χ1) is 12.7. The van der Waals surface area contributed by atoms with Crippen molar-refractivity contribution in [2.24, 2.45) is 0 Å². The number of carbonyl (C=O) groups is 3. The molecule has 0 fully saturated rings. The Kier molecular flexibility index (Phi) is 6.57. The second-order valence-corrected chi connectivity index (χ2v) is 6.22. The van der Waals surface area contributed by atoms with E-state index in [2.05, 4.69) is 6.58 Å². The molecule has 7 nitrogen and oxygen atoms in total. The number of imide groups is 1. The molecule has 0 saturated carbocycles. The Morgan fingerprint density at radius 3 is 2.37 bits per heavy atom. The average Bonchev–Trinajstić information content (AvgIpc) is 2.61. The third-order valence-corrected chi connectivity index (χ3v) is 4.25. The zero-order chi connectivity index (χ0) is 20.1. The summed E-state index contributed by atoms with van der Waals surface area (Å²) >= 11 is 5.94. The van der Waals surface area contributed by atoms with Gasteiger partial charge in [0.2, 0.25) is 0 Å². The summed E-state index contributed by atoms with van der Waals surface area (Å²) in [6, 6.07) is 3.74. The van der Waals surface area contributed by atoms with E-state index >= 15 is 0 Å². The van der Waals surface area contributed by atoms with Crippen LogP contribution in [0.4, 0.5) is 14.9 Å². The van der Waals surface area contributed by atoms with Gasteiger partial charge < -0.3 is 14.9 Å². The van der Waals surface area contributed by atoms with Gasteiger partial charge in [-0.2, -0.15) is 0 Å². The van der Waals surface area contributed by atoms with Gasteiger partial charge in [0.25, 0.3) is 5.91 Å². The van der Waals surface area contributed by atoms with E-state index in [-0.39, 0.29) is 40.4 Å². The molecule has 0 spiro atoms. The molecule has 27 heavy (non-hydrogen) atoms. The summed E-state index contributed by atoms with van der Waals surface area (Å²) in [6.45, 7) is 2.56. The van der Waals surface area contributed by atoms with Crippen LogP contribution in [0.5, 0.6) is 5.75 Å². The fourth-order valence-corrected chi connectivity index (χ4v) is 2.90. The zero-order valence-corrected chi connectivity index (χ0v) is 15.0. The van der Waals surface area contributed by atoms with Crippen LogP contribution in [0.1, 0.15) is 25.7 Å². The van der Waals surface area contributed by atoms with E-state index in [4.69, 9.17) is 16.3 Å². The van der Waals surface area contributed by atoms with E-state index in [1.807, 2.05) is 0 Å². The summed E-state index contributed by atoms with van der Waals surface area (Å²) in [4.78, 5) is 36.3. The highest BCUT2D eigenvalue weighted by atomic mass is 35.5. The van der Waals surface area contributed by atoms with Crippen LogP contribution in [0.25, 0.3) is 0 Å². The molecule has 0 bridgehead atoms. The van der Waals surface area contributed by atoms with Crippen molar-refractivity contribution in [3.63, 3.8) is 0 Å². The lowest BCUT2D eigenvalue weighted by molar-refractivity contribution is -0.133. The quantitative estimate of drug-likeness (QED) is 0.746. The maximum atomic E-state index is 12.8. The monoisotopic (exact) mass is 397 g/mol. The van der Waals surface area contributed by atoms with Crippen LogP contribution in [0.2, 0.25) is 5.02 Å². The number of benzene rings is 1. The third-order valence-electron chi connectivity index (χ3n) is 3.94. The highest BCUT2D eigenvalue weighted by Gasteiger charge is 2.31. The number of anilines is 1. The van der Waals surface area contributed by atoms with Crippen LogP contribution in [-0.4, -0.2) is 34.8 Å². The minimum atomic E-state index is -1.59. The summed E-state index contributed by atoms with van der Waals surface area (Å²) in [5.41, 5.74) is -0.235. The number of hydrogen-bond acceptors (Lipinski definition) is 4. The van der Waals surface area contributed by atoms with Gasteiger partial charge in [0.1, 0.15) is 18.2 Å². The predicted molar refractivity (Wildman–Crippen MR) is 95.8 cm³/mol. The minimum absolute atomic E-state index is 0.0388. The number of rotatable bonds is 6. The average molecular weight is 398 g/mol. The molecular weight excluding hydrogens is 381 g/mol. The molecule has 2 N–H and O–H groups in total. The molecule has 144 valence electrons. The van der Waals surface area contributed by atoms with Gasteiger partial charge in [-0.3, -0.25) is 4.79 Å². The molecule has 1 aromatic carbocycles. The summed E-state index contributed by atoms with van der Waals surface area (Å²) in [5, 5.41) is 18.9. The minimum Gasteiger partial charge on any atom is -0.485 e. The van der Waals surface area contributed by atoms with Gasteiger partial charge in [0.15, 0.2) is 0 Å². The number of carboxylic acids is 1. The van der Waals surface area contributed by atoms with Gasteiger partial charge in [-0.05, 0) is 37.8 Å². The maximum Gasteiger partial charge on any atom is 0.419 e. The Balaban J connectivity index is 2.44. The fraction of sp³-hybridized carbons (Fsp3) is 0.278. The molecule has 9 heteroatoms. The van der Waals surface area contributed by atoms with Crippen molar-refractivity contribution < 1.29 is 33.7 Å². The lowest BCUT2D eigenvalue weighted by Crippen LogP contribution is -2.38. The first-order valence-electron chi connectivity index (χ1n) is 8.00. The maximum absolute atomic E-state index is 12.8. The Bertz CT molecular complexity index is 835. The SMILES string of the molecule is C=C(F)COc1cc(N(C(=O)O)C(=O)C2=C(C(=O)O)CCCC2)ccc1Cl. The standard InChI is InChI=1S/C18H17ClFNO6/c1-10(20)9-27-15-8-11(6-7-14(15)19)21(18(25)26)16(22)12-4-2-3-5-13(12)17(23)24/h6-8H,1-5,9H2,(H,23,24)(H,25,26). The number of hydrogen-bond donors (Lipinski definition) is 2. The number of halogens is 2. The van der Waals surface area contributed by atoms with Gasteiger partial charge in [0.05, 0.1) is 10.7 Å². The van der Waals surface area contributed by atoms with Crippen LogP contribution >= 0.6 is 11.6 Å². The molecular formula is C18H17ClFNO6. The van der Waals surface area contributed by atoms with Gasteiger partial charge in [-0.25, -0.2) is 18.9 Å². The van der Waals surface area contributed by atoms with E-state index < -0.39 is 30.4 Å². The van der Waals surface area contributed by atoms with E-state index in [1.165, 1.54) is 18.2 Å². The highest BCUT2D eigenvalue weighted by molar-refractivity contribution is 6.32. The number of ether oxygens (including phenoxy) is 1. The molecule has 2 amide bonds. The first kappa shape index (κ1) is 20.4. The van der Waals surface area contributed by atoms with E-state index in [1.54, 1.807) is 0 Å². The van der Waals surface area contributed by atoms with Crippen LogP contribution in [-0.2, 0) is 9.59 Å². The lowest BCUT2D eigenvalue weighted by Gasteiger charge is -2.23.